The van der Waals surface area contributed by atoms with Crippen molar-refractivity contribution in [3.05, 3.63) is 12.7 Å². The molecule has 1 saturated carbocycles. The maximum Gasteiger partial charge on any atom is 0.00702 e. The second-order valence-corrected chi connectivity index (χ2v) is 4.73. The summed E-state index contributed by atoms with van der Waals surface area (Å²) in [6.45, 7) is 6.06. The summed E-state index contributed by atoms with van der Waals surface area (Å²) in [5, 5.41) is 0. The van der Waals surface area contributed by atoms with Gasteiger partial charge in [-0.3, -0.25) is 0 Å². The van der Waals surface area contributed by atoms with Gasteiger partial charge >= 0.3 is 0 Å². The lowest BCUT2D eigenvalue weighted by molar-refractivity contribution is 0.224. The summed E-state index contributed by atoms with van der Waals surface area (Å²) in [7, 11) is 0. The first-order chi connectivity index (χ1) is 6.77. The van der Waals surface area contributed by atoms with Crippen LogP contribution in [0, 0.1) is 11.8 Å². The average Bonchev–Trinajstić information content (AvgIpc) is 2.26. The molecule has 0 saturated heterocycles. The van der Waals surface area contributed by atoms with Crippen molar-refractivity contribution in [3.8, 4) is 0 Å². The molecule has 1 rings (SSSR count). The molecule has 0 heterocycles. The van der Waals surface area contributed by atoms with Gasteiger partial charge in [-0.15, -0.1) is 6.58 Å². The fourth-order valence-corrected chi connectivity index (χ4v) is 2.64. The summed E-state index contributed by atoms with van der Waals surface area (Å²) in [6, 6.07) is 0.419. The van der Waals surface area contributed by atoms with E-state index in [-0.39, 0.29) is 0 Å². The molecule has 0 spiro atoms. The first kappa shape index (κ1) is 11.8. The van der Waals surface area contributed by atoms with E-state index < -0.39 is 0 Å². The molecule has 82 valence electrons. The summed E-state index contributed by atoms with van der Waals surface area (Å²) >= 11 is 0. The standard InChI is InChI=1S/C13H25N/c1-3-5-9-13(14)12-8-6-7-11(4-2)10-12/h3,11-13H,1,4-10,14H2,2H3. The lowest BCUT2D eigenvalue weighted by Gasteiger charge is -2.32. The van der Waals surface area contributed by atoms with Crippen LogP contribution < -0.4 is 5.73 Å². The van der Waals surface area contributed by atoms with Crippen molar-refractivity contribution in [2.75, 3.05) is 0 Å². The number of hydrogen-bond donors (Lipinski definition) is 1. The summed E-state index contributed by atoms with van der Waals surface area (Å²) < 4.78 is 0. The largest absolute Gasteiger partial charge is 0.327 e. The van der Waals surface area contributed by atoms with Gasteiger partial charge in [0.1, 0.15) is 0 Å². The topological polar surface area (TPSA) is 26.0 Å². The molecule has 3 unspecified atom stereocenters. The maximum absolute atomic E-state index is 6.20. The van der Waals surface area contributed by atoms with Gasteiger partial charge in [0.2, 0.25) is 0 Å². The van der Waals surface area contributed by atoms with Gasteiger partial charge in [-0.05, 0) is 37.5 Å². The predicted molar refractivity (Wildman–Crippen MR) is 63.1 cm³/mol. The molecule has 0 aromatic rings. The second-order valence-electron chi connectivity index (χ2n) is 4.73. The average molecular weight is 195 g/mol. The normalized spacial score (nSPS) is 29.9. The molecule has 0 aromatic carbocycles. The molecule has 1 heteroatoms. The van der Waals surface area contributed by atoms with E-state index in [0.717, 1.165) is 24.7 Å². The molecular formula is C13H25N. The third-order valence-electron chi connectivity index (χ3n) is 3.71. The molecule has 1 nitrogen and oxygen atoms in total. The van der Waals surface area contributed by atoms with Crippen molar-refractivity contribution in [3.63, 3.8) is 0 Å². The van der Waals surface area contributed by atoms with Crippen molar-refractivity contribution in [1.29, 1.82) is 0 Å². The van der Waals surface area contributed by atoms with Crippen LogP contribution >= 0.6 is 0 Å². The van der Waals surface area contributed by atoms with Crippen LogP contribution in [0.5, 0.6) is 0 Å². The highest BCUT2D eigenvalue weighted by molar-refractivity contribution is 4.82. The highest BCUT2D eigenvalue weighted by Gasteiger charge is 2.24. The van der Waals surface area contributed by atoms with Crippen LogP contribution in [-0.4, -0.2) is 6.04 Å². The van der Waals surface area contributed by atoms with Crippen molar-refractivity contribution >= 4 is 0 Å². The monoisotopic (exact) mass is 195 g/mol. The summed E-state index contributed by atoms with van der Waals surface area (Å²) in [6.07, 6.45) is 11.1. The molecule has 1 aliphatic rings. The van der Waals surface area contributed by atoms with Gasteiger partial charge in [0.05, 0.1) is 0 Å². The van der Waals surface area contributed by atoms with Crippen LogP contribution in [-0.2, 0) is 0 Å². The van der Waals surface area contributed by atoms with Crippen LogP contribution in [0.2, 0.25) is 0 Å². The lowest BCUT2D eigenvalue weighted by Crippen LogP contribution is -2.33. The summed E-state index contributed by atoms with van der Waals surface area (Å²) in [4.78, 5) is 0. The van der Waals surface area contributed by atoms with Crippen LogP contribution in [0.4, 0.5) is 0 Å². The molecule has 3 atom stereocenters. The molecule has 14 heavy (non-hydrogen) atoms. The van der Waals surface area contributed by atoms with Gasteiger partial charge in [-0.1, -0.05) is 32.3 Å². The minimum atomic E-state index is 0.419. The number of rotatable bonds is 5. The number of nitrogens with two attached hydrogens (primary N) is 1. The Morgan fingerprint density at radius 3 is 2.93 bits per heavy atom. The first-order valence-electron chi connectivity index (χ1n) is 6.14. The van der Waals surface area contributed by atoms with Crippen molar-refractivity contribution < 1.29 is 0 Å². The molecule has 1 aliphatic carbocycles. The van der Waals surface area contributed by atoms with E-state index in [2.05, 4.69) is 13.5 Å². The van der Waals surface area contributed by atoms with Crippen molar-refractivity contribution in [1.82, 2.24) is 0 Å². The van der Waals surface area contributed by atoms with E-state index in [0.29, 0.717) is 6.04 Å². The molecule has 0 aromatic heterocycles. The zero-order chi connectivity index (χ0) is 10.4. The van der Waals surface area contributed by atoms with Gasteiger partial charge in [0, 0.05) is 6.04 Å². The third kappa shape index (κ3) is 3.45. The van der Waals surface area contributed by atoms with Crippen molar-refractivity contribution in [2.45, 2.75) is 57.9 Å². The molecule has 0 radical (unpaired) electrons. The Balaban J connectivity index is 2.31. The third-order valence-corrected chi connectivity index (χ3v) is 3.71. The zero-order valence-electron chi connectivity index (χ0n) is 9.54. The highest BCUT2D eigenvalue weighted by atomic mass is 14.6. The van der Waals surface area contributed by atoms with E-state index in [1.165, 1.54) is 32.1 Å². The van der Waals surface area contributed by atoms with Crippen LogP contribution in [0.25, 0.3) is 0 Å². The smallest absolute Gasteiger partial charge is 0.00702 e. The Labute approximate surface area is 88.8 Å². The minimum absolute atomic E-state index is 0.419. The Kier molecular flexibility index (Phi) is 5.24. The molecule has 2 N–H and O–H groups in total. The van der Waals surface area contributed by atoms with Gasteiger partial charge in [0.25, 0.3) is 0 Å². The summed E-state index contributed by atoms with van der Waals surface area (Å²) in [5.74, 6) is 1.73. The number of hydrogen-bond acceptors (Lipinski definition) is 1. The molecular weight excluding hydrogens is 170 g/mol. The lowest BCUT2D eigenvalue weighted by atomic mass is 9.76. The van der Waals surface area contributed by atoms with Gasteiger partial charge < -0.3 is 5.73 Å². The SMILES string of the molecule is C=CCCC(N)C1CCCC(CC)C1. The van der Waals surface area contributed by atoms with Crippen LogP contribution in [0.1, 0.15) is 51.9 Å². The van der Waals surface area contributed by atoms with E-state index in [1.807, 2.05) is 6.08 Å². The van der Waals surface area contributed by atoms with E-state index in [1.54, 1.807) is 0 Å². The Bertz CT molecular complexity index is 165. The van der Waals surface area contributed by atoms with E-state index >= 15 is 0 Å². The predicted octanol–water partition coefficient (Wildman–Crippen LogP) is 3.50. The molecule has 0 aliphatic heterocycles. The van der Waals surface area contributed by atoms with Gasteiger partial charge in [0.15, 0.2) is 0 Å². The Morgan fingerprint density at radius 2 is 2.29 bits per heavy atom. The molecule has 0 amide bonds. The summed E-state index contributed by atoms with van der Waals surface area (Å²) in [5.41, 5.74) is 6.20. The quantitative estimate of drug-likeness (QED) is 0.668. The van der Waals surface area contributed by atoms with Crippen LogP contribution in [0.15, 0.2) is 12.7 Å². The fraction of sp³-hybridized carbons (Fsp3) is 0.846. The highest BCUT2D eigenvalue weighted by Crippen LogP contribution is 2.33. The first-order valence-corrected chi connectivity index (χ1v) is 6.14. The molecule has 1 fully saturated rings. The van der Waals surface area contributed by atoms with Crippen LogP contribution in [0.3, 0.4) is 0 Å². The van der Waals surface area contributed by atoms with E-state index in [4.69, 9.17) is 5.73 Å². The Morgan fingerprint density at radius 1 is 1.50 bits per heavy atom. The Hall–Kier alpha value is -0.300. The molecule has 0 bridgehead atoms. The van der Waals surface area contributed by atoms with Gasteiger partial charge in [-0.25, -0.2) is 0 Å². The minimum Gasteiger partial charge on any atom is -0.327 e. The van der Waals surface area contributed by atoms with E-state index in [9.17, 15) is 0 Å². The van der Waals surface area contributed by atoms with Gasteiger partial charge in [-0.2, -0.15) is 0 Å². The van der Waals surface area contributed by atoms with Crippen molar-refractivity contribution in [2.24, 2.45) is 17.6 Å². The maximum atomic E-state index is 6.20. The fourth-order valence-electron chi connectivity index (χ4n) is 2.64. The number of allylic oxidation sites excluding steroid dienone is 1. The second kappa shape index (κ2) is 6.23. The zero-order valence-corrected chi connectivity index (χ0v) is 9.54.